The third kappa shape index (κ3) is 5.44. The average molecular weight is 255 g/mol. The second-order valence-electron chi connectivity index (χ2n) is 4.52. The smallest absolute Gasteiger partial charge is 0.186 e. The maximum Gasteiger partial charge on any atom is 0.186 e. The van der Waals surface area contributed by atoms with Crippen molar-refractivity contribution in [1.82, 2.24) is 4.90 Å². The first-order valence-electron chi connectivity index (χ1n) is 5.91. The molecule has 0 aliphatic heterocycles. The lowest BCUT2D eigenvalue weighted by atomic mass is 10.2. The molecule has 96 valence electrons. The number of hydrogen-bond acceptors (Lipinski definition) is 4. The van der Waals surface area contributed by atoms with E-state index in [9.17, 15) is 4.79 Å². The second kappa shape index (κ2) is 7.58. The topological polar surface area (TPSA) is 29.5 Å². The summed E-state index contributed by atoms with van der Waals surface area (Å²) in [5.74, 6) is 0.764. The summed E-state index contributed by atoms with van der Waals surface area (Å²) in [7, 11) is 1.69. The third-order valence-electron chi connectivity index (χ3n) is 2.40. The predicted molar refractivity (Wildman–Crippen MR) is 71.8 cm³/mol. The van der Waals surface area contributed by atoms with Gasteiger partial charge >= 0.3 is 0 Å². The highest BCUT2D eigenvalue weighted by atomic mass is 32.1. The summed E-state index contributed by atoms with van der Waals surface area (Å²) in [5, 5.41) is 1.94. The summed E-state index contributed by atoms with van der Waals surface area (Å²) in [4.78, 5) is 15.0. The van der Waals surface area contributed by atoms with Crippen LogP contribution in [0.1, 0.15) is 23.5 Å². The van der Waals surface area contributed by atoms with E-state index in [0.717, 1.165) is 18.0 Å². The zero-order valence-corrected chi connectivity index (χ0v) is 11.6. The van der Waals surface area contributed by atoms with Gasteiger partial charge in [0.05, 0.1) is 18.0 Å². The van der Waals surface area contributed by atoms with Gasteiger partial charge < -0.3 is 4.74 Å². The van der Waals surface area contributed by atoms with Crippen molar-refractivity contribution < 1.29 is 9.53 Å². The van der Waals surface area contributed by atoms with Crippen molar-refractivity contribution in [3.05, 3.63) is 22.4 Å². The van der Waals surface area contributed by atoms with Crippen LogP contribution >= 0.6 is 11.3 Å². The molecule has 0 bridgehead atoms. The molecule has 0 radical (unpaired) electrons. The van der Waals surface area contributed by atoms with Crippen molar-refractivity contribution >= 4 is 17.1 Å². The molecule has 1 aromatic heterocycles. The summed E-state index contributed by atoms with van der Waals surface area (Å²) in [6, 6.07) is 3.80. The van der Waals surface area contributed by atoms with E-state index in [4.69, 9.17) is 4.74 Å². The number of methoxy groups -OCH3 is 1. The van der Waals surface area contributed by atoms with E-state index in [0.29, 0.717) is 19.1 Å². The van der Waals surface area contributed by atoms with Crippen molar-refractivity contribution in [3.63, 3.8) is 0 Å². The first-order valence-corrected chi connectivity index (χ1v) is 6.79. The quantitative estimate of drug-likeness (QED) is 0.669. The largest absolute Gasteiger partial charge is 0.383 e. The van der Waals surface area contributed by atoms with Gasteiger partial charge in [0.1, 0.15) is 0 Å². The van der Waals surface area contributed by atoms with Gasteiger partial charge in [-0.05, 0) is 17.4 Å². The molecule has 0 atom stereocenters. The molecule has 4 heteroatoms. The summed E-state index contributed by atoms with van der Waals surface area (Å²) in [6.45, 7) is 7.23. The average Bonchev–Trinajstić information content (AvgIpc) is 2.78. The van der Waals surface area contributed by atoms with Crippen molar-refractivity contribution in [1.29, 1.82) is 0 Å². The molecule has 0 unspecified atom stereocenters. The lowest BCUT2D eigenvalue weighted by Gasteiger charge is -2.22. The van der Waals surface area contributed by atoms with E-state index in [-0.39, 0.29) is 5.78 Å². The first kappa shape index (κ1) is 14.4. The molecule has 0 amide bonds. The summed E-state index contributed by atoms with van der Waals surface area (Å²) < 4.78 is 5.08. The summed E-state index contributed by atoms with van der Waals surface area (Å²) in [5.41, 5.74) is 0. The Hall–Kier alpha value is -0.710. The van der Waals surface area contributed by atoms with Crippen molar-refractivity contribution in [3.8, 4) is 0 Å². The maximum atomic E-state index is 12.0. The van der Waals surface area contributed by atoms with Crippen LogP contribution in [0.4, 0.5) is 0 Å². The molecule has 1 rings (SSSR count). The van der Waals surface area contributed by atoms with Crippen LogP contribution in [0, 0.1) is 5.92 Å². The number of Topliss-reactive ketones (excluding diaryl/α,β-unsaturated/α-hetero) is 1. The van der Waals surface area contributed by atoms with Gasteiger partial charge in [-0.15, -0.1) is 11.3 Å². The van der Waals surface area contributed by atoms with E-state index >= 15 is 0 Å². The van der Waals surface area contributed by atoms with Crippen molar-refractivity contribution in [2.24, 2.45) is 5.92 Å². The molecule has 3 nitrogen and oxygen atoms in total. The Kier molecular flexibility index (Phi) is 6.40. The number of ether oxygens (including phenoxy) is 1. The molecule has 0 fully saturated rings. The van der Waals surface area contributed by atoms with E-state index < -0.39 is 0 Å². The van der Waals surface area contributed by atoms with Gasteiger partial charge in [-0.2, -0.15) is 0 Å². The molecular weight excluding hydrogens is 234 g/mol. The Morgan fingerprint density at radius 2 is 2.29 bits per heavy atom. The van der Waals surface area contributed by atoms with Crippen LogP contribution in [0.2, 0.25) is 0 Å². The molecule has 0 aliphatic rings. The molecule has 0 aliphatic carbocycles. The number of thiophene rings is 1. The SMILES string of the molecule is COCCN(CC(=O)c1cccs1)CC(C)C. The molecule has 0 N–H and O–H groups in total. The van der Waals surface area contributed by atoms with Gasteiger partial charge in [0.15, 0.2) is 5.78 Å². The van der Waals surface area contributed by atoms with Crippen molar-refractivity contribution in [2.75, 3.05) is 33.4 Å². The molecule has 0 aromatic carbocycles. The van der Waals surface area contributed by atoms with Crippen LogP contribution in [0.25, 0.3) is 0 Å². The lowest BCUT2D eigenvalue weighted by molar-refractivity contribution is 0.0885. The van der Waals surface area contributed by atoms with Gasteiger partial charge in [0.2, 0.25) is 0 Å². The van der Waals surface area contributed by atoms with Gasteiger partial charge in [-0.3, -0.25) is 9.69 Å². The van der Waals surface area contributed by atoms with Gasteiger partial charge in [0.25, 0.3) is 0 Å². The van der Waals surface area contributed by atoms with Crippen LogP contribution in [0.5, 0.6) is 0 Å². The van der Waals surface area contributed by atoms with Crippen LogP contribution in [0.15, 0.2) is 17.5 Å². The summed E-state index contributed by atoms with van der Waals surface area (Å²) >= 11 is 1.51. The number of nitrogens with zero attached hydrogens (tertiary/aromatic N) is 1. The molecule has 1 aromatic rings. The summed E-state index contributed by atoms with van der Waals surface area (Å²) in [6.07, 6.45) is 0. The van der Waals surface area contributed by atoms with E-state index in [1.165, 1.54) is 11.3 Å². The highest BCUT2D eigenvalue weighted by Gasteiger charge is 2.14. The zero-order valence-electron chi connectivity index (χ0n) is 10.8. The van der Waals surface area contributed by atoms with Crippen LogP contribution in [-0.4, -0.2) is 44.0 Å². The number of carbonyl (C=O) groups is 1. The Labute approximate surface area is 107 Å². The van der Waals surface area contributed by atoms with E-state index in [1.807, 2.05) is 17.5 Å². The van der Waals surface area contributed by atoms with Crippen LogP contribution in [-0.2, 0) is 4.74 Å². The molecule has 17 heavy (non-hydrogen) atoms. The highest BCUT2D eigenvalue weighted by molar-refractivity contribution is 7.12. The molecule has 0 saturated carbocycles. The Balaban J connectivity index is 2.49. The first-order chi connectivity index (χ1) is 8.13. The number of rotatable bonds is 8. The molecule has 1 heterocycles. The molecular formula is C13H21NO2S. The lowest BCUT2D eigenvalue weighted by Crippen LogP contribution is -2.35. The van der Waals surface area contributed by atoms with E-state index in [2.05, 4.69) is 18.7 Å². The number of ketones is 1. The fraction of sp³-hybridized carbons (Fsp3) is 0.615. The monoisotopic (exact) mass is 255 g/mol. The standard InChI is InChI=1S/C13H21NO2S/c1-11(2)9-14(6-7-16-3)10-12(15)13-5-4-8-17-13/h4-5,8,11H,6-7,9-10H2,1-3H3. The van der Waals surface area contributed by atoms with Crippen molar-refractivity contribution in [2.45, 2.75) is 13.8 Å². The van der Waals surface area contributed by atoms with Gasteiger partial charge in [0, 0.05) is 20.2 Å². The minimum Gasteiger partial charge on any atom is -0.383 e. The number of carbonyl (C=O) groups excluding carboxylic acids is 1. The van der Waals surface area contributed by atoms with Crippen LogP contribution in [0.3, 0.4) is 0 Å². The zero-order chi connectivity index (χ0) is 12.7. The Bertz CT molecular complexity index is 322. The normalized spacial score (nSPS) is 11.4. The van der Waals surface area contributed by atoms with Gasteiger partial charge in [-0.1, -0.05) is 19.9 Å². The predicted octanol–water partition coefficient (Wildman–Crippen LogP) is 2.54. The van der Waals surface area contributed by atoms with E-state index in [1.54, 1.807) is 7.11 Å². The Morgan fingerprint density at radius 3 is 2.82 bits per heavy atom. The minimum absolute atomic E-state index is 0.205. The fourth-order valence-corrected chi connectivity index (χ4v) is 2.35. The highest BCUT2D eigenvalue weighted by Crippen LogP contribution is 2.10. The number of hydrogen-bond donors (Lipinski definition) is 0. The minimum atomic E-state index is 0.205. The van der Waals surface area contributed by atoms with Gasteiger partial charge in [-0.25, -0.2) is 0 Å². The maximum absolute atomic E-state index is 12.0. The second-order valence-corrected chi connectivity index (χ2v) is 5.47. The Morgan fingerprint density at radius 1 is 1.53 bits per heavy atom. The molecule has 0 spiro atoms. The molecule has 0 saturated heterocycles. The third-order valence-corrected chi connectivity index (χ3v) is 3.31. The fourth-order valence-electron chi connectivity index (χ4n) is 1.69. The van der Waals surface area contributed by atoms with Crippen LogP contribution < -0.4 is 0 Å².